The molecule has 0 radical (unpaired) electrons. The Morgan fingerprint density at radius 2 is 0.909 bits per heavy atom. The molecule has 0 spiro atoms. The Kier molecular flexibility index (Phi) is 33.6. The monoisotopic (exact) mass is 617 g/mol. The van der Waals surface area contributed by atoms with Crippen molar-refractivity contribution >= 4 is 11.9 Å². The van der Waals surface area contributed by atoms with Crippen LogP contribution in [0.1, 0.15) is 168 Å². The summed E-state index contributed by atoms with van der Waals surface area (Å²) in [5, 5.41) is 9.52. The Labute approximate surface area is 271 Å². The number of carbonyl (C=O) groups excluding carboxylic acids is 2. The Hall–Kier alpha value is -2.14. The molecule has 0 amide bonds. The molecule has 0 aromatic carbocycles. The van der Waals surface area contributed by atoms with Crippen molar-refractivity contribution in [1.29, 1.82) is 0 Å². The average molecular weight is 617 g/mol. The fourth-order valence-corrected chi connectivity index (χ4v) is 4.79. The molecule has 0 aliphatic rings. The summed E-state index contributed by atoms with van der Waals surface area (Å²) in [6.45, 7) is 4.04. The predicted molar refractivity (Wildman–Crippen MR) is 187 cm³/mol. The Morgan fingerprint density at radius 3 is 1.48 bits per heavy atom. The zero-order chi connectivity index (χ0) is 32.2. The lowest BCUT2D eigenvalue weighted by molar-refractivity contribution is -0.161. The van der Waals surface area contributed by atoms with E-state index in [9.17, 15) is 14.7 Å². The van der Waals surface area contributed by atoms with Crippen LogP contribution in [0.2, 0.25) is 0 Å². The molecule has 0 unspecified atom stereocenters. The van der Waals surface area contributed by atoms with Crippen LogP contribution in [0.4, 0.5) is 0 Å². The van der Waals surface area contributed by atoms with Crippen LogP contribution >= 0.6 is 0 Å². The van der Waals surface area contributed by atoms with Gasteiger partial charge in [-0.25, -0.2) is 0 Å². The number of aliphatic hydroxyl groups is 1. The molecule has 0 aliphatic heterocycles. The van der Waals surface area contributed by atoms with E-state index in [0.717, 1.165) is 51.4 Å². The second-order valence-corrected chi connectivity index (χ2v) is 11.9. The highest BCUT2D eigenvalue weighted by atomic mass is 16.6. The molecule has 0 fully saturated rings. The third kappa shape index (κ3) is 32.8. The van der Waals surface area contributed by atoms with Gasteiger partial charge in [0.25, 0.3) is 0 Å². The molecular weight excluding hydrogens is 548 g/mol. The number of allylic oxidation sites excluding steroid dienone is 8. The highest BCUT2D eigenvalue weighted by molar-refractivity contribution is 5.70. The Balaban J connectivity index is 3.66. The first-order valence-corrected chi connectivity index (χ1v) is 18.2. The summed E-state index contributed by atoms with van der Waals surface area (Å²) in [6.07, 6.45) is 43.0. The maximum atomic E-state index is 12.1. The van der Waals surface area contributed by atoms with Gasteiger partial charge in [0.2, 0.25) is 0 Å². The molecule has 0 bridgehead atoms. The molecule has 0 aliphatic carbocycles. The zero-order valence-corrected chi connectivity index (χ0v) is 28.7. The van der Waals surface area contributed by atoms with Crippen LogP contribution in [0.15, 0.2) is 48.6 Å². The quantitative estimate of drug-likeness (QED) is 0.0462. The lowest BCUT2D eigenvalue weighted by Gasteiger charge is -2.15. The van der Waals surface area contributed by atoms with Gasteiger partial charge in [0.05, 0.1) is 6.61 Å². The largest absolute Gasteiger partial charge is 0.462 e. The smallest absolute Gasteiger partial charge is 0.306 e. The van der Waals surface area contributed by atoms with Crippen LogP contribution in [-0.2, 0) is 19.1 Å². The minimum atomic E-state index is -0.791. The lowest BCUT2D eigenvalue weighted by Crippen LogP contribution is -2.28. The molecule has 5 heteroatoms. The van der Waals surface area contributed by atoms with E-state index in [0.29, 0.717) is 12.8 Å². The van der Waals surface area contributed by atoms with Crippen LogP contribution in [0, 0.1) is 0 Å². The molecule has 1 atom stereocenters. The summed E-state index contributed by atoms with van der Waals surface area (Å²) < 4.78 is 10.5. The zero-order valence-electron chi connectivity index (χ0n) is 28.7. The van der Waals surface area contributed by atoms with E-state index in [4.69, 9.17) is 9.47 Å². The van der Waals surface area contributed by atoms with E-state index in [1.807, 2.05) is 0 Å². The highest BCUT2D eigenvalue weighted by Crippen LogP contribution is 2.12. The molecule has 44 heavy (non-hydrogen) atoms. The van der Waals surface area contributed by atoms with E-state index in [1.165, 1.54) is 89.9 Å². The van der Waals surface area contributed by atoms with E-state index in [-0.39, 0.29) is 25.2 Å². The van der Waals surface area contributed by atoms with E-state index in [1.54, 1.807) is 0 Å². The van der Waals surface area contributed by atoms with Crippen molar-refractivity contribution in [2.45, 2.75) is 174 Å². The molecule has 5 nitrogen and oxygen atoms in total. The first kappa shape index (κ1) is 41.9. The molecular formula is C39H68O5. The summed E-state index contributed by atoms with van der Waals surface area (Å²) >= 11 is 0. The topological polar surface area (TPSA) is 72.8 Å². The van der Waals surface area contributed by atoms with E-state index < -0.39 is 6.10 Å². The summed E-state index contributed by atoms with van der Waals surface area (Å²) in [6, 6.07) is 0. The number of hydrogen-bond donors (Lipinski definition) is 1. The molecule has 0 rings (SSSR count). The number of hydrogen-bond acceptors (Lipinski definition) is 5. The number of unbranched alkanes of at least 4 members (excludes halogenated alkanes) is 16. The van der Waals surface area contributed by atoms with Gasteiger partial charge in [-0.1, -0.05) is 127 Å². The van der Waals surface area contributed by atoms with Crippen molar-refractivity contribution in [2.24, 2.45) is 0 Å². The number of rotatable bonds is 32. The summed E-state index contributed by atoms with van der Waals surface area (Å²) in [7, 11) is 0. The number of esters is 2. The highest BCUT2D eigenvalue weighted by Gasteiger charge is 2.16. The molecule has 0 saturated carbocycles. The van der Waals surface area contributed by atoms with Gasteiger partial charge in [0, 0.05) is 12.8 Å². The van der Waals surface area contributed by atoms with Gasteiger partial charge in [0.1, 0.15) is 6.61 Å². The third-order valence-electron chi connectivity index (χ3n) is 7.60. The third-order valence-corrected chi connectivity index (χ3v) is 7.60. The van der Waals surface area contributed by atoms with Crippen LogP contribution < -0.4 is 0 Å². The van der Waals surface area contributed by atoms with E-state index >= 15 is 0 Å². The van der Waals surface area contributed by atoms with Gasteiger partial charge in [0.15, 0.2) is 6.10 Å². The molecule has 0 heterocycles. The van der Waals surface area contributed by atoms with Crippen LogP contribution in [0.25, 0.3) is 0 Å². The number of carbonyl (C=O) groups is 2. The van der Waals surface area contributed by atoms with Crippen LogP contribution in [0.5, 0.6) is 0 Å². The fourth-order valence-electron chi connectivity index (χ4n) is 4.79. The summed E-state index contributed by atoms with van der Waals surface area (Å²) in [5.41, 5.74) is 0. The fraction of sp³-hybridized carbons (Fsp3) is 0.744. The summed E-state index contributed by atoms with van der Waals surface area (Å²) in [4.78, 5) is 24.2. The molecule has 0 saturated heterocycles. The lowest BCUT2D eigenvalue weighted by atomic mass is 10.1. The SMILES string of the molecule is CCCCCC=CCC=CCC=CCCCCC(=O)O[C@@H](CO)COC(=O)CCCCCCCCCC=CCCCCCC. The maximum absolute atomic E-state index is 12.1. The Bertz CT molecular complexity index is 752. The molecule has 0 aromatic rings. The van der Waals surface area contributed by atoms with Gasteiger partial charge >= 0.3 is 11.9 Å². The van der Waals surface area contributed by atoms with Crippen molar-refractivity contribution < 1.29 is 24.2 Å². The first-order valence-electron chi connectivity index (χ1n) is 18.2. The van der Waals surface area contributed by atoms with Crippen LogP contribution in [-0.4, -0.2) is 36.4 Å². The minimum Gasteiger partial charge on any atom is -0.462 e. The second-order valence-electron chi connectivity index (χ2n) is 11.9. The minimum absolute atomic E-state index is 0.0842. The molecule has 1 N–H and O–H groups in total. The molecule has 254 valence electrons. The van der Waals surface area contributed by atoms with Gasteiger partial charge in [-0.2, -0.15) is 0 Å². The van der Waals surface area contributed by atoms with Gasteiger partial charge in [-0.05, 0) is 77.0 Å². The van der Waals surface area contributed by atoms with Crippen LogP contribution in [0.3, 0.4) is 0 Å². The van der Waals surface area contributed by atoms with Crippen molar-refractivity contribution in [3.05, 3.63) is 48.6 Å². The van der Waals surface area contributed by atoms with Gasteiger partial charge in [-0.3, -0.25) is 9.59 Å². The van der Waals surface area contributed by atoms with Crippen molar-refractivity contribution in [3.63, 3.8) is 0 Å². The first-order chi connectivity index (χ1) is 21.6. The van der Waals surface area contributed by atoms with Gasteiger partial charge < -0.3 is 14.6 Å². The maximum Gasteiger partial charge on any atom is 0.306 e. The van der Waals surface area contributed by atoms with E-state index in [2.05, 4.69) is 62.5 Å². The number of aliphatic hydroxyl groups excluding tert-OH is 1. The average Bonchev–Trinajstić information content (AvgIpc) is 3.02. The van der Waals surface area contributed by atoms with Gasteiger partial charge in [-0.15, -0.1) is 0 Å². The predicted octanol–water partition coefficient (Wildman–Crippen LogP) is 11.1. The Morgan fingerprint density at radius 1 is 0.523 bits per heavy atom. The van der Waals surface area contributed by atoms with Crippen molar-refractivity contribution in [3.8, 4) is 0 Å². The normalized spacial score (nSPS) is 12.7. The van der Waals surface area contributed by atoms with Crippen molar-refractivity contribution in [2.75, 3.05) is 13.2 Å². The molecule has 0 aromatic heterocycles. The second kappa shape index (κ2) is 35.3. The standard InChI is InChI=1S/C39H68O5/c1-3-5-7-9-11-13-15-17-19-21-23-25-27-29-31-33-38(41)43-36-37(35-40)44-39(42)34-32-30-28-26-24-22-20-18-16-14-12-10-8-6-4-2/h12-15,18,20,24,26,37,40H,3-11,16-17,19,21-23,25,27-36H2,1-2H3/t37-/m0/s1. The number of ether oxygens (including phenoxy) is 2. The van der Waals surface area contributed by atoms with Crippen molar-refractivity contribution in [1.82, 2.24) is 0 Å². The summed E-state index contributed by atoms with van der Waals surface area (Å²) in [5.74, 6) is -0.644.